The van der Waals surface area contributed by atoms with E-state index in [0.717, 1.165) is 27.8 Å². The highest BCUT2D eigenvalue weighted by Gasteiger charge is 2.55. The fourth-order valence-corrected chi connectivity index (χ4v) is 10.7. The van der Waals surface area contributed by atoms with Crippen molar-refractivity contribution >= 4 is 53.8 Å². The molecule has 4 heterocycles. The number of alkyl carbamates (subject to hydrolysis) is 1. The normalized spacial score (nSPS) is 26.5. The molecule has 20 atom stereocenters. The minimum absolute atomic E-state index is 0.00857. The molecule has 5 aliphatic rings. The fraction of sp³-hybridized carbons (Fsp3) is 0.547. The maximum atomic E-state index is 13.9. The van der Waals surface area contributed by atoms with Gasteiger partial charge in [-0.2, -0.15) is 79.0 Å². The van der Waals surface area contributed by atoms with Crippen LogP contribution in [0.2, 0.25) is 0 Å². The number of fused-ring (bicyclic) bond motifs is 3. The monoisotopic (exact) mass is 1810 g/mol. The SMILES string of the molecule is NC[C@@H]1O[C@H](O[C@H]2[C@@H](O)[C@H](O[C@@H]3[C@@H](O)[C@H](N)C[C@H](N)[C@H]3O[C@H]3O[C@H](CN)[C@@H](O)[C@H](O)[C@H]3N)O[C@@H]2Cn2cc(CC(NC(=O)OCC3c4ccccc4-c4ccccc43)C(=O)NCC(=O)OCc3ccccc3)nn2)[C@H](N)[C@@H](O)[C@@H]1O.O=C(O)C(F)(F)F.O=C(O)C(F)(F)F.O=C(O)C(F)(F)F.O=C(O)C(F)(F)F.O=C(O)C(F)(F)F.O=C(O)C(F)(F)F. The lowest BCUT2D eigenvalue weighted by atomic mass is 9.84. The van der Waals surface area contributed by atoms with Crippen molar-refractivity contribution in [3.8, 4) is 11.1 Å². The predicted molar refractivity (Wildman–Crippen MR) is 358 cm³/mol. The van der Waals surface area contributed by atoms with Gasteiger partial charge in [-0.15, -0.1) is 5.10 Å². The Labute approximate surface area is 669 Å². The number of carboxylic acids is 6. The van der Waals surface area contributed by atoms with Crippen LogP contribution >= 0.6 is 0 Å². The summed E-state index contributed by atoms with van der Waals surface area (Å²) in [5.74, 6) is -18.4. The van der Waals surface area contributed by atoms with Gasteiger partial charge in [0.25, 0.3) is 0 Å². The molecule has 3 saturated heterocycles. The van der Waals surface area contributed by atoms with Gasteiger partial charge in [0.15, 0.2) is 18.9 Å². The lowest BCUT2D eigenvalue weighted by molar-refractivity contribution is -0.306. The Morgan fingerprint density at radius 1 is 0.475 bits per heavy atom. The molecule has 0 bridgehead atoms. The fourth-order valence-electron chi connectivity index (χ4n) is 10.7. The second kappa shape index (κ2) is 45.8. The number of esters is 1. The van der Waals surface area contributed by atoms with Gasteiger partial charge in [-0.1, -0.05) is 84.1 Å². The van der Waals surface area contributed by atoms with Gasteiger partial charge in [0.1, 0.15) is 92.9 Å². The zero-order valence-electron chi connectivity index (χ0n) is 61.3. The van der Waals surface area contributed by atoms with Crippen molar-refractivity contribution < 1.29 is 221 Å². The van der Waals surface area contributed by atoms with E-state index in [1.54, 1.807) is 24.3 Å². The van der Waals surface area contributed by atoms with E-state index in [4.69, 9.17) is 132 Å². The number of hydrogen-bond acceptors (Lipinski definition) is 31. The standard InChI is InChI=1S/C52H71N11O17.6C2HF3O2/c53-16-33-40(66)42(68)37(57)49(75-33)78-45-31(56)15-30(55)39(65)47(45)80-51-44(70)46(79-50-38(58)43(69)41(67)34(17-54)76-50)35(77-51)20-63-19-24(61-62-63)14-32(48(71)59-18-36(64)73-21-23-8-2-1-3-9-23)60-52(72)74-22-29-27-12-6-4-10-25(27)26-11-5-7-13-28(26)29;6*3-2(4,5)1(6)7/h1-13,19,29-35,37-47,49-51,65-70H,14-18,20-22,53-58H2,(H,59,71)(H,60,72);6*(H,6,7)/t30-,31+,32?,33-,34+,35-,37-,38-,39+,40-,41-,42-,43-,44-,45-,46-,47-,49-,50-,51+;;;;;;/m1....../s1. The first-order chi connectivity index (χ1) is 56.1. The summed E-state index contributed by atoms with van der Waals surface area (Å²) in [7, 11) is 0. The van der Waals surface area contributed by atoms with Crippen LogP contribution < -0.4 is 45.0 Å². The van der Waals surface area contributed by atoms with Gasteiger partial charge >= 0.3 is 84.9 Å². The first-order valence-corrected chi connectivity index (χ1v) is 33.8. The highest BCUT2D eigenvalue weighted by molar-refractivity contribution is 5.88. The van der Waals surface area contributed by atoms with Crippen LogP contribution in [0.1, 0.15) is 34.7 Å². The van der Waals surface area contributed by atoms with E-state index in [1.807, 2.05) is 54.6 Å². The summed E-state index contributed by atoms with van der Waals surface area (Å²) >= 11 is 0. The number of benzene rings is 3. The van der Waals surface area contributed by atoms with E-state index >= 15 is 0 Å². The number of nitrogens with one attached hydrogen (secondary N) is 2. The Morgan fingerprint density at radius 2 is 0.852 bits per heavy atom. The Balaban J connectivity index is 0.000000747. The first kappa shape index (κ1) is 106. The van der Waals surface area contributed by atoms with Crippen molar-refractivity contribution in [2.75, 3.05) is 26.2 Å². The second-order valence-corrected chi connectivity index (χ2v) is 25.4. The number of aliphatic carboxylic acids is 6. The van der Waals surface area contributed by atoms with Gasteiger partial charge in [0, 0.05) is 43.7 Å². The smallest absolute Gasteiger partial charge is 0.475 e. The highest BCUT2D eigenvalue weighted by atomic mass is 19.4. The van der Waals surface area contributed by atoms with E-state index in [2.05, 4.69) is 20.9 Å². The van der Waals surface area contributed by atoms with Crippen LogP contribution in [0, 0.1) is 0 Å². The summed E-state index contributed by atoms with van der Waals surface area (Å²) in [4.78, 5) is 93.8. The van der Waals surface area contributed by atoms with E-state index in [-0.39, 0.29) is 57.3 Å². The van der Waals surface area contributed by atoms with Gasteiger partial charge in [0.2, 0.25) is 5.91 Å². The van der Waals surface area contributed by atoms with Gasteiger partial charge in [0.05, 0.1) is 30.4 Å². The number of nitrogens with zero attached hydrogens (tertiary/aromatic N) is 3. The molecule has 26 N–H and O–H groups in total. The third-order valence-electron chi connectivity index (χ3n) is 16.6. The Bertz CT molecular complexity index is 3830. The molecule has 3 aliphatic heterocycles. The number of rotatable bonds is 20. The van der Waals surface area contributed by atoms with E-state index in [0.29, 0.717) is 0 Å². The number of ether oxygens (including phenoxy) is 8. The van der Waals surface area contributed by atoms with Crippen molar-refractivity contribution in [2.45, 2.75) is 191 Å². The van der Waals surface area contributed by atoms with Crippen LogP contribution in [0.15, 0.2) is 85.1 Å². The molecule has 58 heteroatoms. The average molecular weight is 1810 g/mol. The van der Waals surface area contributed by atoms with Crippen LogP contribution in [0.5, 0.6) is 0 Å². The number of nitrogens with two attached hydrogens (primary N) is 6. The number of carbonyl (C=O) groups excluding carboxylic acids is 3. The van der Waals surface area contributed by atoms with Gasteiger partial charge < -0.3 is 144 Å². The maximum Gasteiger partial charge on any atom is 0.490 e. The molecule has 2 amide bonds. The predicted octanol–water partition coefficient (Wildman–Crippen LogP) is -1.49. The van der Waals surface area contributed by atoms with Crippen molar-refractivity contribution in [1.29, 1.82) is 0 Å². The molecule has 1 unspecified atom stereocenters. The first-order valence-electron chi connectivity index (χ1n) is 33.8. The number of amides is 2. The third-order valence-corrected chi connectivity index (χ3v) is 16.6. The summed E-state index contributed by atoms with van der Waals surface area (Å²) in [6, 6.07) is 18.5. The van der Waals surface area contributed by atoms with Gasteiger partial charge in [-0.25, -0.2) is 38.2 Å². The van der Waals surface area contributed by atoms with E-state index in [9.17, 15) is 124 Å². The number of aliphatic hydroxyl groups excluding tert-OH is 6. The van der Waals surface area contributed by atoms with Crippen molar-refractivity contribution in [2.24, 2.45) is 34.4 Å². The number of aliphatic hydroxyl groups is 6. The molecule has 688 valence electrons. The Kier molecular flexibility index (Phi) is 39.8. The molecule has 0 radical (unpaired) electrons. The number of halogens is 18. The van der Waals surface area contributed by atoms with Crippen molar-refractivity contribution in [3.05, 3.63) is 107 Å². The van der Waals surface area contributed by atoms with Gasteiger partial charge in [-0.3, -0.25) is 9.59 Å². The van der Waals surface area contributed by atoms with Crippen LogP contribution in [0.3, 0.4) is 0 Å². The lowest BCUT2D eigenvalue weighted by Gasteiger charge is -2.47. The average Bonchev–Trinajstić information content (AvgIpc) is 1.72. The van der Waals surface area contributed by atoms with E-state index < -0.39 is 220 Å². The topological polar surface area (TPSA) is 681 Å². The van der Waals surface area contributed by atoms with Crippen molar-refractivity contribution in [3.63, 3.8) is 0 Å². The van der Waals surface area contributed by atoms with Crippen LogP contribution in [-0.4, -0.2) is 316 Å². The third kappa shape index (κ3) is 32.6. The summed E-state index contributed by atoms with van der Waals surface area (Å²) in [5.41, 5.74) is 41.8. The molecule has 9 rings (SSSR count). The summed E-state index contributed by atoms with van der Waals surface area (Å²) < 4.78 is 240. The number of aromatic nitrogens is 3. The zero-order valence-corrected chi connectivity index (χ0v) is 61.3. The highest BCUT2D eigenvalue weighted by Crippen LogP contribution is 2.45. The molecule has 2 aliphatic carbocycles. The molecule has 4 fully saturated rings. The van der Waals surface area contributed by atoms with Gasteiger partial charge in [-0.05, 0) is 34.2 Å². The number of carbonyl (C=O) groups is 9. The van der Waals surface area contributed by atoms with E-state index in [1.165, 1.54) is 10.9 Å². The Hall–Kier alpha value is -10.2. The molecular weight excluding hydrogens is 1730 g/mol. The molecule has 40 nitrogen and oxygen atoms in total. The molecule has 1 saturated carbocycles. The largest absolute Gasteiger partial charge is 0.490 e. The minimum Gasteiger partial charge on any atom is -0.475 e. The number of hydrogen-bond donors (Lipinski definition) is 20. The van der Waals surface area contributed by atoms with Crippen LogP contribution in [0.4, 0.5) is 83.8 Å². The molecule has 4 aromatic rings. The molecule has 122 heavy (non-hydrogen) atoms. The molecular formula is C64H77F18N11O29. The minimum atomic E-state index is -5.08. The quantitative estimate of drug-likeness (QED) is 0.0354. The van der Waals surface area contributed by atoms with Crippen molar-refractivity contribution in [1.82, 2.24) is 25.6 Å². The van der Waals surface area contributed by atoms with Crippen LogP contribution in [-0.2, 0) is 95.8 Å². The zero-order chi connectivity index (χ0) is 93.4. The summed E-state index contributed by atoms with van der Waals surface area (Å²) in [6.45, 7) is -1.41. The Morgan fingerprint density at radius 3 is 1.25 bits per heavy atom. The second-order valence-electron chi connectivity index (χ2n) is 25.4. The van der Waals surface area contributed by atoms with Crippen LogP contribution in [0.25, 0.3) is 11.1 Å². The summed E-state index contributed by atoms with van der Waals surface area (Å²) in [6.07, 6.45) is -52.0. The lowest BCUT2D eigenvalue weighted by Crippen LogP contribution is -2.68. The number of carboxylic acid groups (broad SMARTS) is 6. The summed E-state index contributed by atoms with van der Waals surface area (Å²) in [5, 5.41) is 123. The molecule has 0 spiro atoms. The molecule has 3 aromatic carbocycles. The number of alkyl halides is 18. The maximum absolute atomic E-state index is 13.9. The molecule has 1 aromatic heterocycles.